The van der Waals surface area contributed by atoms with Gasteiger partial charge in [0.2, 0.25) is 6.33 Å². The van der Waals surface area contributed by atoms with Crippen LogP contribution >= 0.6 is 0 Å². The van der Waals surface area contributed by atoms with Gasteiger partial charge in [-0.05, 0) is 37.5 Å². The number of rotatable bonds is 4. The molecule has 0 atom stereocenters. The van der Waals surface area contributed by atoms with E-state index >= 15 is 0 Å². The van der Waals surface area contributed by atoms with Crippen molar-refractivity contribution in [2.75, 3.05) is 0 Å². The van der Waals surface area contributed by atoms with Crippen LogP contribution in [0.5, 0.6) is 0 Å². The Morgan fingerprint density at radius 1 is 1.27 bits per heavy atom. The summed E-state index contributed by atoms with van der Waals surface area (Å²) in [5.74, 6) is 0. The number of nitrogens with zero attached hydrogens (tertiary/aromatic N) is 2. The highest BCUT2D eigenvalue weighted by Crippen LogP contribution is 2.17. The quantitative estimate of drug-likeness (QED) is 0.640. The van der Waals surface area contributed by atoms with Gasteiger partial charge < -0.3 is 4.55 Å². The third-order valence-electron chi connectivity index (χ3n) is 3.42. The second-order valence-electron chi connectivity index (χ2n) is 5.32. The van der Waals surface area contributed by atoms with E-state index < -0.39 is 10.1 Å². The van der Waals surface area contributed by atoms with E-state index in [1.165, 1.54) is 18.9 Å². The average molecular weight is 324 g/mol. The summed E-state index contributed by atoms with van der Waals surface area (Å²) in [6.07, 6.45) is 8.82. The lowest BCUT2D eigenvalue weighted by atomic mass is 10.1. The minimum absolute atomic E-state index is 0.123. The van der Waals surface area contributed by atoms with E-state index in [4.69, 9.17) is 0 Å². The molecule has 1 heterocycles. The Morgan fingerprint density at radius 3 is 2.41 bits per heavy atom. The van der Waals surface area contributed by atoms with Gasteiger partial charge in [0.25, 0.3) is 0 Å². The molecule has 1 aromatic heterocycles. The second kappa shape index (κ2) is 8.10. The van der Waals surface area contributed by atoms with Gasteiger partial charge in [-0.3, -0.25) is 0 Å². The van der Waals surface area contributed by atoms with Crippen molar-refractivity contribution < 1.29 is 17.5 Å². The lowest BCUT2D eigenvalue weighted by Crippen LogP contribution is -2.23. The molecule has 22 heavy (non-hydrogen) atoms. The van der Waals surface area contributed by atoms with E-state index in [-0.39, 0.29) is 4.90 Å². The van der Waals surface area contributed by atoms with Gasteiger partial charge in [0, 0.05) is 0 Å². The van der Waals surface area contributed by atoms with Crippen LogP contribution in [0.15, 0.2) is 41.8 Å². The van der Waals surface area contributed by atoms with Gasteiger partial charge in [0.1, 0.15) is 22.5 Å². The highest BCUT2D eigenvalue weighted by Gasteiger charge is 2.05. The van der Waals surface area contributed by atoms with Gasteiger partial charge in [-0.15, -0.1) is 0 Å². The molecule has 0 fully saturated rings. The molecule has 0 N–H and O–H groups in total. The summed E-state index contributed by atoms with van der Waals surface area (Å²) < 4.78 is 36.2. The fourth-order valence-corrected chi connectivity index (χ4v) is 2.75. The van der Waals surface area contributed by atoms with Crippen LogP contribution in [0.3, 0.4) is 0 Å². The summed E-state index contributed by atoms with van der Waals surface area (Å²) in [6.45, 7) is 6.75. The van der Waals surface area contributed by atoms with Gasteiger partial charge in [-0.25, -0.2) is 17.6 Å². The minimum Gasteiger partial charge on any atom is -0.744 e. The Hall–Kier alpha value is -1.66. The highest BCUT2D eigenvalue weighted by molar-refractivity contribution is 7.85. The molecule has 5 nitrogen and oxygen atoms in total. The van der Waals surface area contributed by atoms with E-state index in [1.807, 2.05) is 7.05 Å². The molecule has 6 heteroatoms. The van der Waals surface area contributed by atoms with Crippen molar-refractivity contribution in [2.24, 2.45) is 7.05 Å². The molecule has 2 rings (SSSR count). The number of benzene rings is 1. The van der Waals surface area contributed by atoms with Crippen molar-refractivity contribution in [1.29, 1.82) is 0 Å². The van der Waals surface area contributed by atoms with Crippen LogP contribution in [0, 0.1) is 13.8 Å². The standard InChI is InChI=1S/C8H15N2.C8H10O3S/c1-3-4-5-10-7-6-9(2)8-10;1-6-4-3-5-8(7(6)2)12(9,10)11/h6-8H,3-5H2,1-2H3;3-5H,1-2H3,(H,9,10,11)/q+1;/p-1. The first-order chi connectivity index (χ1) is 10.3. The van der Waals surface area contributed by atoms with Crippen LogP contribution < -0.4 is 4.57 Å². The molecule has 0 spiro atoms. The van der Waals surface area contributed by atoms with Crippen LogP contribution in [-0.4, -0.2) is 17.5 Å². The topological polar surface area (TPSA) is 66.0 Å². The van der Waals surface area contributed by atoms with Gasteiger partial charge in [0.15, 0.2) is 0 Å². The van der Waals surface area contributed by atoms with E-state index in [1.54, 1.807) is 26.0 Å². The summed E-state index contributed by atoms with van der Waals surface area (Å²) in [5.41, 5.74) is 1.35. The van der Waals surface area contributed by atoms with E-state index in [0.717, 1.165) is 12.1 Å². The first-order valence-electron chi connectivity index (χ1n) is 7.28. The number of aromatic nitrogens is 2. The third kappa shape index (κ3) is 5.61. The molecule has 0 bridgehead atoms. The van der Waals surface area contributed by atoms with Crippen LogP contribution in [0.25, 0.3) is 0 Å². The average Bonchev–Trinajstić information content (AvgIpc) is 2.85. The number of unbranched alkanes of at least 4 members (excludes halogenated alkanes) is 1. The number of aryl methyl sites for hydroxylation is 3. The first kappa shape index (κ1) is 18.4. The van der Waals surface area contributed by atoms with Crippen molar-refractivity contribution in [2.45, 2.75) is 45.1 Å². The molecule has 0 radical (unpaired) electrons. The fourth-order valence-electron chi connectivity index (χ4n) is 1.97. The maximum Gasteiger partial charge on any atom is 0.243 e. The van der Waals surface area contributed by atoms with Gasteiger partial charge >= 0.3 is 0 Å². The number of hydrogen-bond donors (Lipinski definition) is 0. The third-order valence-corrected chi connectivity index (χ3v) is 4.40. The van der Waals surface area contributed by atoms with Crippen molar-refractivity contribution >= 4 is 10.1 Å². The molecule has 0 unspecified atom stereocenters. The fraction of sp³-hybridized carbons (Fsp3) is 0.438. The van der Waals surface area contributed by atoms with Crippen molar-refractivity contribution in [1.82, 2.24) is 4.57 Å². The smallest absolute Gasteiger partial charge is 0.243 e. The zero-order chi connectivity index (χ0) is 16.8. The molecule has 1 aromatic carbocycles. The van der Waals surface area contributed by atoms with Crippen molar-refractivity contribution in [3.63, 3.8) is 0 Å². The van der Waals surface area contributed by atoms with Gasteiger partial charge in [-0.1, -0.05) is 25.5 Å². The predicted octanol–water partition coefficient (Wildman–Crippen LogP) is 2.32. The Morgan fingerprint density at radius 2 is 1.95 bits per heavy atom. The SMILES string of the molecule is CCCCn1cc[n+](C)c1.Cc1cccc(S(=O)(=O)[O-])c1C. The molecular formula is C16H24N2O3S. The van der Waals surface area contributed by atoms with Crippen LogP contribution in [0.1, 0.15) is 30.9 Å². The summed E-state index contributed by atoms with van der Waals surface area (Å²) in [5, 5.41) is 0. The van der Waals surface area contributed by atoms with Crippen molar-refractivity contribution in [3.8, 4) is 0 Å². The zero-order valence-electron chi connectivity index (χ0n) is 13.6. The molecule has 0 aliphatic rings. The second-order valence-corrected chi connectivity index (χ2v) is 6.67. The normalized spacial score (nSPS) is 11.0. The Kier molecular flexibility index (Phi) is 6.77. The number of hydrogen-bond acceptors (Lipinski definition) is 3. The van der Waals surface area contributed by atoms with Crippen LogP contribution in [0.2, 0.25) is 0 Å². The molecule has 2 aromatic rings. The minimum atomic E-state index is -4.31. The Balaban J connectivity index is 0.000000224. The molecular weight excluding hydrogens is 300 g/mol. The summed E-state index contributed by atoms with van der Waals surface area (Å²) >= 11 is 0. The maximum atomic E-state index is 10.7. The summed E-state index contributed by atoms with van der Waals surface area (Å²) in [4.78, 5) is -0.123. The molecule has 0 saturated carbocycles. The summed E-state index contributed by atoms with van der Waals surface area (Å²) in [7, 11) is -2.26. The maximum absolute atomic E-state index is 10.7. The molecule has 0 aliphatic heterocycles. The highest BCUT2D eigenvalue weighted by atomic mass is 32.2. The zero-order valence-corrected chi connectivity index (χ0v) is 14.4. The summed E-state index contributed by atoms with van der Waals surface area (Å²) in [6, 6.07) is 4.65. The van der Waals surface area contributed by atoms with E-state index in [9.17, 15) is 13.0 Å². The molecule has 122 valence electrons. The Labute approximate surface area is 133 Å². The monoisotopic (exact) mass is 324 g/mol. The van der Waals surface area contributed by atoms with Crippen LogP contribution in [-0.2, 0) is 23.7 Å². The first-order valence-corrected chi connectivity index (χ1v) is 8.69. The molecule has 0 amide bonds. The van der Waals surface area contributed by atoms with Crippen molar-refractivity contribution in [3.05, 3.63) is 48.0 Å². The molecule has 0 saturated heterocycles. The van der Waals surface area contributed by atoms with Gasteiger partial charge in [0.05, 0.1) is 18.5 Å². The van der Waals surface area contributed by atoms with Crippen LogP contribution in [0.4, 0.5) is 0 Å². The molecule has 0 aliphatic carbocycles. The van der Waals surface area contributed by atoms with E-state index in [2.05, 4.69) is 34.8 Å². The number of imidazole rings is 1. The van der Waals surface area contributed by atoms with E-state index in [0.29, 0.717) is 5.56 Å². The Bertz CT molecular complexity index is 706. The van der Waals surface area contributed by atoms with Gasteiger partial charge in [-0.2, -0.15) is 0 Å². The largest absolute Gasteiger partial charge is 0.744 e. The predicted molar refractivity (Wildman–Crippen MR) is 84.4 cm³/mol. The lowest BCUT2D eigenvalue weighted by Gasteiger charge is -2.11. The lowest BCUT2D eigenvalue weighted by molar-refractivity contribution is -0.671.